The summed E-state index contributed by atoms with van der Waals surface area (Å²) >= 11 is 0. The van der Waals surface area contributed by atoms with E-state index < -0.39 is 5.97 Å². The SMILES string of the molecule is CCOC(=O)C1=C(O)CN(C)C1. The molecule has 0 unspecified atom stereocenters. The largest absolute Gasteiger partial charge is 0.510 e. The Hall–Kier alpha value is -1.03. The van der Waals surface area contributed by atoms with Gasteiger partial charge in [-0.25, -0.2) is 4.79 Å². The summed E-state index contributed by atoms with van der Waals surface area (Å²) in [7, 11) is 1.84. The summed E-state index contributed by atoms with van der Waals surface area (Å²) in [6, 6.07) is 0. The van der Waals surface area contributed by atoms with Crippen LogP contribution in [0.15, 0.2) is 11.3 Å². The second kappa shape index (κ2) is 3.58. The van der Waals surface area contributed by atoms with Crippen LogP contribution in [0.1, 0.15) is 6.92 Å². The predicted molar refractivity (Wildman–Crippen MR) is 43.8 cm³/mol. The molecule has 1 heterocycles. The van der Waals surface area contributed by atoms with Gasteiger partial charge in [0.1, 0.15) is 5.76 Å². The molecule has 0 aliphatic carbocycles. The minimum absolute atomic E-state index is 0.135. The Labute approximate surface area is 71.4 Å². The zero-order chi connectivity index (χ0) is 9.14. The van der Waals surface area contributed by atoms with E-state index >= 15 is 0 Å². The molecule has 4 nitrogen and oxygen atoms in total. The Balaban J connectivity index is 2.62. The van der Waals surface area contributed by atoms with Crippen molar-refractivity contribution in [3.05, 3.63) is 11.3 Å². The van der Waals surface area contributed by atoms with Gasteiger partial charge in [-0.1, -0.05) is 0 Å². The minimum Gasteiger partial charge on any atom is -0.510 e. The van der Waals surface area contributed by atoms with Crippen molar-refractivity contribution in [1.82, 2.24) is 4.90 Å². The van der Waals surface area contributed by atoms with Crippen molar-refractivity contribution in [2.24, 2.45) is 0 Å². The number of hydrogen-bond acceptors (Lipinski definition) is 4. The first-order chi connectivity index (χ1) is 5.65. The lowest BCUT2D eigenvalue weighted by Crippen LogP contribution is -2.17. The maximum atomic E-state index is 11.1. The van der Waals surface area contributed by atoms with Crippen LogP contribution in [0.3, 0.4) is 0 Å². The Bertz CT molecular complexity index is 222. The molecule has 1 aliphatic heterocycles. The molecule has 0 amide bonds. The molecular weight excluding hydrogens is 158 g/mol. The molecule has 1 N–H and O–H groups in total. The molecule has 0 aromatic carbocycles. The molecule has 0 fully saturated rings. The normalized spacial score (nSPS) is 18.5. The van der Waals surface area contributed by atoms with Gasteiger partial charge in [-0.2, -0.15) is 0 Å². The standard InChI is InChI=1S/C8H13NO3/c1-3-12-8(11)6-4-9(2)5-7(6)10/h10H,3-5H2,1-2H3. The average molecular weight is 171 g/mol. The van der Waals surface area contributed by atoms with E-state index in [9.17, 15) is 9.90 Å². The molecule has 1 aliphatic rings. The highest BCUT2D eigenvalue weighted by molar-refractivity contribution is 5.90. The van der Waals surface area contributed by atoms with Crippen LogP contribution >= 0.6 is 0 Å². The van der Waals surface area contributed by atoms with Gasteiger partial charge in [-0.3, -0.25) is 4.90 Å². The van der Waals surface area contributed by atoms with Gasteiger partial charge in [-0.05, 0) is 14.0 Å². The molecule has 68 valence electrons. The van der Waals surface area contributed by atoms with Gasteiger partial charge in [0.15, 0.2) is 0 Å². The van der Waals surface area contributed by atoms with Crippen molar-refractivity contribution in [1.29, 1.82) is 0 Å². The van der Waals surface area contributed by atoms with E-state index in [2.05, 4.69) is 0 Å². The quantitative estimate of drug-likeness (QED) is 0.607. The molecule has 4 heteroatoms. The molecule has 0 saturated carbocycles. The van der Waals surface area contributed by atoms with Gasteiger partial charge in [0, 0.05) is 6.54 Å². The van der Waals surface area contributed by atoms with Crippen LogP contribution in [0.5, 0.6) is 0 Å². The van der Waals surface area contributed by atoms with Crippen LogP contribution in [0.25, 0.3) is 0 Å². The molecule has 0 radical (unpaired) electrons. The maximum Gasteiger partial charge on any atom is 0.338 e. The van der Waals surface area contributed by atoms with E-state index in [1.54, 1.807) is 6.92 Å². The number of ether oxygens (including phenoxy) is 1. The lowest BCUT2D eigenvalue weighted by atomic mass is 10.3. The van der Waals surface area contributed by atoms with Gasteiger partial charge in [-0.15, -0.1) is 0 Å². The molecule has 0 aromatic rings. The number of esters is 1. The second-order valence-electron chi connectivity index (χ2n) is 2.82. The average Bonchev–Trinajstić information content (AvgIpc) is 2.30. The van der Waals surface area contributed by atoms with E-state index in [0.29, 0.717) is 25.3 Å². The number of likely N-dealkylation sites (N-methyl/N-ethyl adjacent to an activating group) is 1. The smallest absolute Gasteiger partial charge is 0.338 e. The molecule has 12 heavy (non-hydrogen) atoms. The van der Waals surface area contributed by atoms with Gasteiger partial charge in [0.25, 0.3) is 0 Å². The summed E-state index contributed by atoms with van der Waals surface area (Å²) in [5, 5.41) is 9.29. The number of aliphatic hydroxyl groups excluding tert-OH is 1. The number of rotatable bonds is 2. The Morgan fingerprint density at radius 2 is 2.33 bits per heavy atom. The number of carbonyl (C=O) groups excluding carboxylic acids is 1. The second-order valence-corrected chi connectivity index (χ2v) is 2.82. The summed E-state index contributed by atoms with van der Waals surface area (Å²) in [5.74, 6) is -0.268. The number of nitrogens with zero attached hydrogens (tertiary/aromatic N) is 1. The number of hydrogen-bond donors (Lipinski definition) is 1. The highest BCUT2D eigenvalue weighted by Gasteiger charge is 2.24. The maximum absolute atomic E-state index is 11.1. The van der Waals surface area contributed by atoms with Gasteiger partial charge in [0.05, 0.1) is 18.7 Å². The van der Waals surface area contributed by atoms with Gasteiger partial charge < -0.3 is 9.84 Å². The first-order valence-corrected chi connectivity index (χ1v) is 3.91. The van der Waals surface area contributed by atoms with Crippen LogP contribution in [0.4, 0.5) is 0 Å². The summed E-state index contributed by atoms with van der Waals surface area (Å²) in [4.78, 5) is 13.0. The molecule has 0 spiro atoms. The third kappa shape index (κ3) is 1.76. The van der Waals surface area contributed by atoms with Crippen LogP contribution in [0, 0.1) is 0 Å². The lowest BCUT2D eigenvalue weighted by molar-refractivity contribution is -0.138. The zero-order valence-corrected chi connectivity index (χ0v) is 7.33. The van der Waals surface area contributed by atoms with Crippen LogP contribution in [-0.2, 0) is 9.53 Å². The molecule has 1 rings (SSSR count). The van der Waals surface area contributed by atoms with Gasteiger partial charge in [0.2, 0.25) is 0 Å². The fourth-order valence-corrected chi connectivity index (χ4v) is 1.17. The molecule has 0 bridgehead atoms. The molecule has 0 saturated heterocycles. The topological polar surface area (TPSA) is 49.8 Å². The Kier molecular flexibility index (Phi) is 2.70. The first kappa shape index (κ1) is 9.06. The van der Waals surface area contributed by atoms with E-state index in [1.165, 1.54) is 0 Å². The fraction of sp³-hybridized carbons (Fsp3) is 0.625. The highest BCUT2D eigenvalue weighted by Crippen LogP contribution is 2.14. The van der Waals surface area contributed by atoms with E-state index in [0.717, 1.165) is 0 Å². The monoisotopic (exact) mass is 171 g/mol. The Morgan fingerprint density at radius 3 is 2.75 bits per heavy atom. The first-order valence-electron chi connectivity index (χ1n) is 3.91. The lowest BCUT2D eigenvalue weighted by Gasteiger charge is -2.05. The zero-order valence-electron chi connectivity index (χ0n) is 7.33. The summed E-state index contributed by atoms with van der Waals surface area (Å²) < 4.78 is 4.76. The minimum atomic E-state index is -0.403. The summed E-state index contributed by atoms with van der Waals surface area (Å²) in [6.45, 7) is 3.01. The summed E-state index contributed by atoms with van der Waals surface area (Å²) in [5.41, 5.74) is 0.388. The summed E-state index contributed by atoms with van der Waals surface area (Å²) in [6.07, 6.45) is 0. The molecule has 0 aromatic heterocycles. The molecular formula is C8H13NO3. The molecule has 0 atom stereocenters. The van der Waals surface area contributed by atoms with Crippen LogP contribution in [-0.4, -0.2) is 42.7 Å². The third-order valence-corrected chi connectivity index (χ3v) is 1.72. The van der Waals surface area contributed by atoms with Crippen molar-refractivity contribution >= 4 is 5.97 Å². The van der Waals surface area contributed by atoms with Crippen molar-refractivity contribution in [2.45, 2.75) is 6.92 Å². The van der Waals surface area contributed by atoms with E-state index in [1.807, 2.05) is 11.9 Å². The Morgan fingerprint density at radius 1 is 1.67 bits per heavy atom. The van der Waals surface area contributed by atoms with E-state index in [4.69, 9.17) is 4.74 Å². The highest BCUT2D eigenvalue weighted by atomic mass is 16.5. The van der Waals surface area contributed by atoms with Gasteiger partial charge >= 0.3 is 5.97 Å². The van der Waals surface area contributed by atoms with Crippen LogP contribution < -0.4 is 0 Å². The van der Waals surface area contributed by atoms with Crippen molar-refractivity contribution in [2.75, 3.05) is 26.7 Å². The van der Waals surface area contributed by atoms with E-state index in [-0.39, 0.29) is 5.76 Å². The number of aliphatic hydroxyl groups is 1. The predicted octanol–water partition coefficient (Wildman–Crippen LogP) is 0.307. The van der Waals surface area contributed by atoms with Crippen molar-refractivity contribution in [3.63, 3.8) is 0 Å². The third-order valence-electron chi connectivity index (χ3n) is 1.72. The van der Waals surface area contributed by atoms with Crippen LogP contribution in [0.2, 0.25) is 0 Å². The van der Waals surface area contributed by atoms with Crippen molar-refractivity contribution < 1.29 is 14.6 Å². The van der Waals surface area contributed by atoms with Crippen molar-refractivity contribution in [3.8, 4) is 0 Å². The number of carbonyl (C=O) groups is 1. The fourth-order valence-electron chi connectivity index (χ4n) is 1.17.